The third-order valence-electron chi connectivity index (χ3n) is 3.70. The Labute approximate surface area is 129 Å². The molecule has 0 saturated carbocycles. The Balaban J connectivity index is 1.64. The number of aryl methyl sites for hydroxylation is 1. The molecular weight excluding hydrogens is 280 g/mol. The van der Waals surface area contributed by atoms with Gasteiger partial charge in [0.05, 0.1) is 13.2 Å². The maximum absolute atomic E-state index is 12.1. The minimum Gasteiger partial charge on any atom is -0.378 e. The van der Waals surface area contributed by atoms with Gasteiger partial charge in [0.2, 0.25) is 0 Å². The first-order valence-electron chi connectivity index (χ1n) is 7.54. The van der Waals surface area contributed by atoms with Crippen LogP contribution in [-0.2, 0) is 11.3 Å². The van der Waals surface area contributed by atoms with Gasteiger partial charge in [0.25, 0.3) is 5.91 Å². The Morgan fingerprint density at radius 1 is 1.23 bits per heavy atom. The van der Waals surface area contributed by atoms with E-state index in [0.717, 1.165) is 44.2 Å². The topological polar surface area (TPSA) is 59.4 Å². The second-order valence-corrected chi connectivity index (χ2v) is 5.16. The van der Waals surface area contributed by atoms with Crippen LogP contribution in [-0.4, -0.2) is 42.0 Å². The molecule has 2 aromatic rings. The molecule has 116 valence electrons. The van der Waals surface area contributed by atoms with Crippen LogP contribution in [0.15, 0.2) is 36.5 Å². The number of anilines is 2. The minimum absolute atomic E-state index is 0.189. The number of nitrogens with zero attached hydrogens (tertiary/aromatic N) is 3. The molecular formula is C16H20N4O2. The molecule has 1 amide bonds. The second kappa shape index (κ2) is 6.62. The molecule has 3 rings (SSSR count). The first-order chi connectivity index (χ1) is 10.8. The Morgan fingerprint density at radius 2 is 1.95 bits per heavy atom. The number of aromatic nitrogens is 2. The lowest BCUT2D eigenvalue weighted by Crippen LogP contribution is -2.36. The molecule has 1 aliphatic rings. The molecule has 0 radical (unpaired) electrons. The lowest BCUT2D eigenvalue weighted by atomic mass is 10.2. The lowest BCUT2D eigenvalue weighted by Gasteiger charge is -2.28. The summed E-state index contributed by atoms with van der Waals surface area (Å²) in [7, 11) is 0. The predicted molar refractivity (Wildman–Crippen MR) is 85.3 cm³/mol. The van der Waals surface area contributed by atoms with Gasteiger partial charge in [-0.25, -0.2) is 0 Å². The molecule has 6 heteroatoms. The third-order valence-corrected chi connectivity index (χ3v) is 3.70. The Kier molecular flexibility index (Phi) is 4.39. The molecule has 0 bridgehead atoms. The standard InChI is InChI=1S/C16H20N4O2/c1-2-20-8-7-15(18-20)16(21)17-13-3-5-14(6-4-13)19-9-11-22-12-10-19/h3-8H,2,9-12H2,1H3,(H,17,21). The Morgan fingerprint density at radius 3 is 2.59 bits per heavy atom. The van der Waals surface area contributed by atoms with Crippen LogP contribution >= 0.6 is 0 Å². The quantitative estimate of drug-likeness (QED) is 0.938. The van der Waals surface area contributed by atoms with E-state index in [-0.39, 0.29) is 5.91 Å². The summed E-state index contributed by atoms with van der Waals surface area (Å²) in [5.41, 5.74) is 2.35. The van der Waals surface area contributed by atoms with Gasteiger partial charge in [-0.15, -0.1) is 0 Å². The number of nitrogens with one attached hydrogen (secondary N) is 1. The van der Waals surface area contributed by atoms with Crippen molar-refractivity contribution in [3.8, 4) is 0 Å². The molecule has 2 heterocycles. The maximum Gasteiger partial charge on any atom is 0.276 e. The number of hydrogen-bond donors (Lipinski definition) is 1. The fourth-order valence-electron chi connectivity index (χ4n) is 2.43. The summed E-state index contributed by atoms with van der Waals surface area (Å²) in [6.45, 7) is 6.07. The Bertz CT molecular complexity index is 630. The number of carbonyl (C=O) groups excluding carboxylic acids is 1. The van der Waals surface area contributed by atoms with Gasteiger partial charge in [-0.1, -0.05) is 0 Å². The molecule has 1 fully saturated rings. The number of ether oxygens (including phenoxy) is 1. The van der Waals surface area contributed by atoms with Gasteiger partial charge in [-0.05, 0) is 37.3 Å². The Hall–Kier alpha value is -2.34. The molecule has 0 spiro atoms. The molecule has 22 heavy (non-hydrogen) atoms. The maximum atomic E-state index is 12.1. The number of carbonyl (C=O) groups is 1. The smallest absolute Gasteiger partial charge is 0.276 e. The largest absolute Gasteiger partial charge is 0.378 e. The average Bonchev–Trinajstić information content (AvgIpc) is 3.06. The van der Waals surface area contributed by atoms with Crippen molar-refractivity contribution in [2.45, 2.75) is 13.5 Å². The highest BCUT2D eigenvalue weighted by Gasteiger charge is 2.12. The zero-order chi connectivity index (χ0) is 15.4. The molecule has 1 aliphatic heterocycles. The van der Waals surface area contributed by atoms with Gasteiger partial charge in [0.15, 0.2) is 5.69 Å². The van der Waals surface area contributed by atoms with Crippen molar-refractivity contribution in [1.82, 2.24) is 9.78 Å². The normalized spacial score (nSPS) is 14.9. The molecule has 1 aromatic heterocycles. The van der Waals surface area contributed by atoms with Crippen LogP contribution in [0.3, 0.4) is 0 Å². The number of hydrogen-bond acceptors (Lipinski definition) is 4. The summed E-state index contributed by atoms with van der Waals surface area (Å²) >= 11 is 0. The van der Waals surface area contributed by atoms with Crippen molar-refractivity contribution in [2.75, 3.05) is 36.5 Å². The highest BCUT2D eigenvalue weighted by molar-refractivity contribution is 6.02. The van der Waals surface area contributed by atoms with Crippen molar-refractivity contribution >= 4 is 17.3 Å². The zero-order valence-corrected chi connectivity index (χ0v) is 12.7. The zero-order valence-electron chi connectivity index (χ0n) is 12.7. The van der Waals surface area contributed by atoms with E-state index < -0.39 is 0 Å². The summed E-state index contributed by atoms with van der Waals surface area (Å²) < 4.78 is 7.08. The van der Waals surface area contributed by atoms with E-state index >= 15 is 0 Å². The van der Waals surface area contributed by atoms with Crippen LogP contribution in [0.25, 0.3) is 0 Å². The average molecular weight is 300 g/mol. The first kappa shape index (κ1) is 14.6. The summed E-state index contributed by atoms with van der Waals surface area (Å²) in [5.74, 6) is -0.189. The highest BCUT2D eigenvalue weighted by atomic mass is 16.5. The summed E-state index contributed by atoms with van der Waals surface area (Å²) in [4.78, 5) is 14.4. The van der Waals surface area contributed by atoms with Crippen molar-refractivity contribution in [1.29, 1.82) is 0 Å². The number of amides is 1. The SMILES string of the molecule is CCn1ccc(C(=O)Nc2ccc(N3CCOCC3)cc2)n1. The van der Waals surface area contributed by atoms with E-state index in [9.17, 15) is 4.79 Å². The second-order valence-electron chi connectivity index (χ2n) is 5.16. The van der Waals surface area contributed by atoms with Crippen LogP contribution in [0.4, 0.5) is 11.4 Å². The van der Waals surface area contributed by atoms with Crippen LogP contribution in [0.2, 0.25) is 0 Å². The van der Waals surface area contributed by atoms with Crippen molar-refractivity contribution < 1.29 is 9.53 Å². The van der Waals surface area contributed by atoms with Gasteiger partial charge < -0.3 is 15.0 Å². The number of rotatable bonds is 4. The van der Waals surface area contributed by atoms with Gasteiger partial charge in [-0.3, -0.25) is 9.48 Å². The lowest BCUT2D eigenvalue weighted by molar-refractivity contribution is 0.102. The molecule has 0 aliphatic carbocycles. The van der Waals surface area contributed by atoms with E-state index in [0.29, 0.717) is 5.69 Å². The molecule has 0 unspecified atom stereocenters. The molecule has 6 nitrogen and oxygen atoms in total. The van der Waals surface area contributed by atoms with E-state index in [1.807, 2.05) is 31.2 Å². The van der Waals surface area contributed by atoms with Crippen LogP contribution < -0.4 is 10.2 Å². The van der Waals surface area contributed by atoms with Crippen molar-refractivity contribution in [3.05, 3.63) is 42.2 Å². The first-order valence-corrected chi connectivity index (χ1v) is 7.54. The van der Waals surface area contributed by atoms with Crippen LogP contribution in [0, 0.1) is 0 Å². The predicted octanol–water partition coefficient (Wildman–Crippen LogP) is 1.99. The molecule has 0 atom stereocenters. The summed E-state index contributed by atoms with van der Waals surface area (Å²) in [6, 6.07) is 9.59. The fraction of sp³-hybridized carbons (Fsp3) is 0.375. The van der Waals surface area contributed by atoms with Gasteiger partial charge >= 0.3 is 0 Å². The molecule has 1 saturated heterocycles. The third kappa shape index (κ3) is 3.28. The number of benzene rings is 1. The highest BCUT2D eigenvalue weighted by Crippen LogP contribution is 2.19. The summed E-state index contributed by atoms with van der Waals surface area (Å²) in [6.07, 6.45) is 1.80. The molecule has 1 aromatic carbocycles. The monoisotopic (exact) mass is 300 g/mol. The van der Waals surface area contributed by atoms with Crippen LogP contribution in [0.5, 0.6) is 0 Å². The fourth-order valence-corrected chi connectivity index (χ4v) is 2.43. The van der Waals surface area contributed by atoms with E-state index in [1.165, 1.54) is 0 Å². The van der Waals surface area contributed by atoms with Crippen molar-refractivity contribution in [3.63, 3.8) is 0 Å². The van der Waals surface area contributed by atoms with Gasteiger partial charge in [0.1, 0.15) is 0 Å². The minimum atomic E-state index is -0.189. The summed E-state index contributed by atoms with van der Waals surface area (Å²) in [5, 5.41) is 7.07. The molecule has 1 N–H and O–H groups in total. The van der Waals surface area contributed by atoms with Gasteiger partial charge in [-0.2, -0.15) is 5.10 Å². The van der Waals surface area contributed by atoms with Crippen LogP contribution in [0.1, 0.15) is 17.4 Å². The van der Waals surface area contributed by atoms with Gasteiger partial charge in [0, 0.05) is 37.2 Å². The van der Waals surface area contributed by atoms with Crippen molar-refractivity contribution in [2.24, 2.45) is 0 Å². The van der Waals surface area contributed by atoms with E-state index in [1.54, 1.807) is 16.9 Å². The van der Waals surface area contributed by atoms with E-state index in [2.05, 4.69) is 15.3 Å². The number of morpholine rings is 1. The van der Waals surface area contributed by atoms with E-state index in [4.69, 9.17) is 4.74 Å².